The first-order valence-electron chi connectivity index (χ1n) is 8.54. The van der Waals surface area contributed by atoms with Crippen LogP contribution in [-0.2, 0) is 17.9 Å². The number of amides is 3. The second-order valence-corrected chi connectivity index (χ2v) is 6.39. The zero-order chi connectivity index (χ0) is 17.6. The van der Waals surface area contributed by atoms with E-state index < -0.39 is 0 Å². The van der Waals surface area contributed by atoms with Crippen LogP contribution in [-0.4, -0.2) is 35.3 Å². The maximum Gasteiger partial charge on any atom is 0.321 e. The number of benzene rings is 2. The molecule has 0 radical (unpaired) electrons. The summed E-state index contributed by atoms with van der Waals surface area (Å²) in [6, 6.07) is 17.4. The van der Waals surface area contributed by atoms with Gasteiger partial charge in [0.05, 0.1) is 0 Å². The van der Waals surface area contributed by atoms with E-state index in [0.717, 1.165) is 29.8 Å². The number of carbonyl (C=O) groups excluding carboxylic acids is 2. The lowest BCUT2D eigenvalue weighted by Gasteiger charge is -2.19. The highest BCUT2D eigenvalue weighted by molar-refractivity contribution is 5.89. The van der Waals surface area contributed by atoms with Crippen molar-refractivity contribution in [1.29, 1.82) is 0 Å². The van der Waals surface area contributed by atoms with Crippen LogP contribution in [0.25, 0.3) is 0 Å². The number of carbonyl (C=O) groups is 2. The van der Waals surface area contributed by atoms with Gasteiger partial charge in [0.1, 0.15) is 0 Å². The standard InChI is InChI=1S/C20H23N3O2/c1-22(14-16-7-3-2-4-8-16)20(25)21-18-10-5-9-17(13-18)15-23-12-6-11-19(23)24/h2-5,7-10,13H,6,11-12,14-15H2,1H3,(H,21,25). The first-order valence-corrected chi connectivity index (χ1v) is 8.54. The molecule has 0 atom stereocenters. The summed E-state index contributed by atoms with van der Waals surface area (Å²) in [5.74, 6) is 0.206. The third-order valence-electron chi connectivity index (χ3n) is 4.33. The molecule has 1 N–H and O–H groups in total. The number of nitrogens with one attached hydrogen (secondary N) is 1. The molecule has 0 saturated carbocycles. The Bertz CT molecular complexity index is 746. The predicted octanol–water partition coefficient (Wildman–Crippen LogP) is 3.47. The summed E-state index contributed by atoms with van der Waals surface area (Å²) < 4.78 is 0. The molecule has 1 aliphatic rings. The van der Waals surface area contributed by atoms with Crippen LogP contribution >= 0.6 is 0 Å². The van der Waals surface area contributed by atoms with Crippen LogP contribution in [0.4, 0.5) is 10.5 Å². The molecule has 1 saturated heterocycles. The minimum Gasteiger partial charge on any atom is -0.338 e. The summed E-state index contributed by atoms with van der Waals surface area (Å²) in [6.07, 6.45) is 1.57. The second-order valence-electron chi connectivity index (χ2n) is 6.39. The van der Waals surface area contributed by atoms with Crippen LogP contribution in [0, 0.1) is 0 Å². The Kier molecular flexibility index (Phi) is 5.33. The monoisotopic (exact) mass is 337 g/mol. The average molecular weight is 337 g/mol. The van der Waals surface area contributed by atoms with Gasteiger partial charge >= 0.3 is 6.03 Å². The minimum atomic E-state index is -0.154. The van der Waals surface area contributed by atoms with E-state index in [2.05, 4.69) is 5.32 Å². The van der Waals surface area contributed by atoms with Crippen LogP contribution < -0.4 is 5.32 Å². The van der Waals surface area contributed by atoms with Crippen molar-refractivity contribution in [2.45, 2.75) is 25.9 Å². The number of hydrogen-bond acceptors (Lipinski definition) is 2. The van der Waals surface area contributed by atoms with Crippen molar-refractivity contribution in [3.63, 3.8) is 0 Å². The van der Waals surface area contributed by atoms with Gasteiger partial charge in [-0.25, -0.2) is 4.79 Å². The fourth-order valence-electron chi connectivity index (χ4n) is 2.99. The lowest BCUT2D eigenvalue weighted by atomic mass is 10.2. The van der Waals surface area contributed by atoms with Crippen LogP contribution in [0.1, 0.15) is 24.0 Å². The van der Waals surface area contributed by atoms with Crippen molar-refractivity contribution < 1.29 is 9.59 Å². The van der Waals surface area contributed by atoms with Gasteiger partial charge in [0, 0.05) is 38.8 Å². The average Bonchev–Trinajstić information content (AvgIpc) is 3.01. The normalized spacial score (nSPS) is 13.8. The molecule has 2 aromatic carbocycles. The van der Waals surface area contributed by atoms with Crippen molar-refractivity contribution >= 4 is 17.6 Å². The first kappa shape index (κ1) is 17.0. The summed E-state index contributed by atoms with van der Waals surface area (Å²) in [7, 11) is 1.77. The summed E-state index contributed by atoms with van der Waals surface area (Å²) in [5.41, 5.74) is 2.86. The van der Waals surface area contributed by atoms with Gasteiger partial charge in [-0.15, -0.1) is 0 Å². The van der Waals surface area contributed by atoms with E-state index in [1.54, 1.807) is 11.9 Å². The predicted molar refractivity (Wildman–Crippen MR) is 98.0 cm³/mol. The molecule has 0 aromatic heterocycles. The maximum absolute atomic E-state index is 12.4. The number of nitrogens with zero attached hydrogens (tertiary/aromatic N) is 2. The molecule has 3 rings (SSSR count). The van der Waals surface area contributed by atoms with E-state index in [9.17, 15) is 9.59 Å². The Morgan fingerprint density at radius 2 is 1.88 bits per heavy atom. The number of likely N-dealkylation sites (tertiary alicyclic amines) is 1. The van der Waals surface area contributed by atoms with Gasteiger partial charge in [0.15, 0.2) is 0 Å². The van der Waals surface area contributed by atoms with Crippen LogP contribution in [0.15, 0.2) is 54.6 Å². The first-order chi connectivity index (χ1) is 12.1. The summed E-state index contributed by atoms with van der Waals surface area (Å²) >= 11 is 0. The van der Waals surface area contributed by atoms with E-state index in [-0.39, 0.29) is 11.9 Å². The van der Waals surface area contributed by atoms with Crippen molar-refractivity contribution in [3.05, 3.63) is 65.7 Å². The Labute approximate surface area is 148 Å². The minimum absolute atomic E-state index is 0.154. The van der Waals surface area contributed by atoms with E-state index in [1.807, 2.05) is 59.5 Å². The van der Waals surface area contributed by atoms with Crippen molar-refractivity contribution in [2.75, 3.05) is 18.9 Å². The summed E-state index contributed by atoms with van der Waals surface area (Å²) in [6.45, 7) is 1.96. The molecule has 2 aromatic rings. The fourth-order valence-corrected chi connectivity index (χ4v) is 2.99. The van der Waals surface area contributed by atoms with Crippen LogP contribution in [0.2, 0.25) is 0 Å². The number of anilines is 1. The van der Waals surface area contributed by atoms with Crippen molar-refractivity contribution in [1.82, 2.24) is 9.80 Å². The Morgan fingerprint density at radius 3 is 2.60 bits per heavy atom. The molecule has 5 heteroatoms. The number of hydrogen-bond donors (Lipinski definition) is 1. The Morgan fingerprint density at radius 1 is 1.12 bits per heavy atom. The molecule has 5 nitrogen and oxygen atoms in total. The smallest absolute Gasteiger partial charge is 0.321 e. The Balaban J connectivity index is 1.59. The molecule has 25 heavy (non-hydrogen) atoms. The van der Waals surface area contributed by atoms with Crippen LogP contribution in [0.3, 0.4) is 0 Å². The second kappa shape index (κ2) is 7.83. The molecule has 0 bridgehead atoms. The largest absolute Gasteiger partial charge is 0.338 e. The zero-order valence-corrected chi connectivity index (χ0v) is 14.4. The molecule has 3 amide bonds. The number of rotatable bonds is 5. The van der Waals surface area contributed by atoms with Crippen molar-refractivity contribution in [2.24, 2.45) is 0 Å². The van der Waals surface area contributed by atoms with Gasteiger partial charge in [0.25, 0.3) is 0 Å². The van der Waals surface area contributed by atoms with E-state index in [0.29, 0.717) is 19.5 Å². The summed E-state index contributed by atoms with van der Waals surface area (Å²) in [4.78, 5) is 27.6. The third kappa shape index (κ3) is 4.59. The molecular formula is C20H23N3O2. The molecule has 0 spiro atoms. The van der Waals surface area contributed by atoms with E-state index >= 15 is 0 Å². The molecule has 1 fully saturated rings. The molecule has 1 heterocycles. The zero-order valence-electron chi connectivity index (χ0n) is 14.4. The molecule has 0 aliphatic carbocycles. The highest BCUT2D eigenvalue weighted by Gasteiger charge is 2.20. The third-order valence-corrected chi connectivity index (χ3v) is 4.33. The highest BCUT2D eigenvalue weighted by atomic mass is 16.2. The lowest BCUT2D eigenvalue weighted by Crippen LogP contribution is -2.30. The maximum atomic E-state index is 12.4. The van der Waals surface area contributed by atoms with E-state index in [1.165, 1.54) is 0 Å². The molecular weight excluding hydrogens is 314 g/mol. The van der Waals surface area contributed by atoms with Crippen LogP contribution in [0.5, 0.6) is 0 Å². The van der Waals surface area contributed by atoms with Gasteiger partial charge in [-0.05, 0) is 29.7 Å². The topological polar surface area (TPSA) is 52.7 Å². The lowest BCUT2D eigenvalue weighted by molar-refractivity contribution is -0.128. The SMILES string of the molecule is CN(Cc1ccccc1)C(=O)Nc1cccc(CN2CCCC2=O)c1. The molecule has 1 aliphatic heterocycles. The van der Waals surface area contributed by atoms with Gasteiger partial charge in [-0.1, -0.05) is 42.5 Å². The summed E-state index contributed by atoms with van der Waals surface area (Å²) in [5, 5.41) is 2.92. The quantitative estimate of drug-likeness (QED) is 0.908. The molecule has 130 valence electrons. The van der Waals surface area contributed by atoms with Gasteiger partial charge in [-0.3, -0.25) is 4.79 Å². The van der Waals surface area contributed by atoms with E-state index in [4.69, 9.17) is 0 Å². The fraction of sp³-hybridized carbons (Fsp3) is 0.300. The molecule has 0 unspecified atom stereocenters. The number of urea groups is 1. The van der Waals surface area contributed by atoms with Gasteiger partial charge in [-0.2, -0.15) is 0 Å². The highest BCUT2D eigenvalue weighted by Crippen LogP contribution is 2.17. The van der Waals surface area contributed by atoms with Gasteiger partial charge in [0.2, 0.25) is 5.91 Å². The van der Waals surface area contributed by atoms with Gasteiger partial charge < -0.3 is 15.1 Å². The van der Waals surface area contributed by atoms with Crippen molar-refractivity contribution in [3.8, 4) is 0 Å². The Hall–Kier alpha value is -2.82.